The van der Waals surface area contributed by atoms with E-state index in [1.807, 2.05) is 26.0 Å². The summed E-state index contributed by atoms with van der Waals surface area (Å²) in [6.07, 6.45) is 2.19. The second-order valence-electron chi connectivity index (χ2n) is 6.87. The Morgan fingerprint density at radius 1 is 1.15 bits per heavy atom. The van der Waals surface area contributed by atoms with Crippen LogP contribution in [0.4, 0.5) is 22.9 Å². The molecular formula is C21H30N4O. The Labute approximate surface area is 156 Å². The highest BCUT2D eigenvalue weighted by Crippen LogP contribution is 2.25. The number of benzene rings is 1. The van der Waals surface area contributed by atoms with E-state index in [0.29, 0.717) is 12.3 Å². The van der Waals surface area contributed by atoms with Crippen LogP contribution in [-0.2, 0) is 4.79 Å². The summed E-state index contributed by atoms with van der Waals surface area (Å²) in [4.78, 5) is 18.5. The summed E-state index contributed by atoms with van der Waals surface area (Å²) in [7, 11) is 0. The lowest BCUT2D eigenvalue weighted by Gasteiger charge is -2.22. The van der Waals surface area contributed by atoms with Crippen LogP contribution in [0.25, 0.3) is 0 Å². The van der Waals surface area contributed by atoms with E-state index in [9.17, 15) is 4.79 Å². The smallest absolute Gasteiger partial charge is 0.224 e. The summed E-state index contributed by atoms with van der Waals surface area (Å²) in [5.74, 6) is 1.11. The van der Waals surface area contributed by atoms with Gasteiger partial charge in [0.15, 0.2) is 0 Å². The van der Waals surface area contributed by atoms with E-state index < -0.39 is 0 Å². The highest BCUT2D eigenvalue weighted by atomic mass is 16.1. The fourth-order valence-electron chi connectivity index (χ4n) is 2.84. The molecule has 0 aliphatic carbocycles. The lowest BCUT2D eigenvalue weighted by molar-refractivity contribution is -0.116. The third-order valence-corrected chi connectivity index (χ3v) is 4.24. The predicted octanol–water partition coefficient (Wildman–Crippen LogP) is 4.96. The van der Waals surface area contributed by atoms with Crippen molar-refractivity contribution in [3.63, 3.8) is 0 Å². The SMILES string of the molecule is CCN(CC)c1ccc(Nc2ccc(NC(=O)CC(C)C)cn2)c(C)c1. The van der Waals surface area contributed by atoms with Crippen LogP contribution in [0.2, 0.25) is 0 Å². The molecule has 1 aromatic carbocycles. The third-order valence-electron chi connectivity index (χ3n) is 4.24. The van der Waals surface area contributed by atoms with Gasteiger partial charge in [0.25, 0.3) is 0 Å². The molecule has 0 bridgehead atoms. The quantitative estimate of drug-likeness (QED) is 0.703. The second kappa shape index (κ2) is 9.22. The van der Waals surface area contributed by atoms with E-state index in [4.69, 9.17) is 0 Å². The highest BCUT2D eigenvalue weighted by molar-refractivity contribution is 5.90. The standard InChI is InChI=1S/C21H30N4O/c1-6-25(7-2)18-9-10-19(16(5)13-18)24-20-11-8-17(14-22-20)23-21(26)12-15(3)4/h8-11,13-15H,6-7,12H2,1-5H3,(H,22,24)(H,23,26). The van der Waals surface area contributed by atoms with Gasteiger partial charge in [0, 0.05) is 30.9 Å². The minimum atomic E-state index is 0.0188. The van der Waals surface area contributed by atoms with E-state index in [-0.39, 0.29) is 5.91 Å². The molecule has 0 spiro atoms. The van der Waals surface area contributed by atoms with Gasteiger partial charge in [-0.3, -0.25) is 4.79 Å². The van der Waals surface area contributed by atoms with Crippen LogP contribution in [0.5, 0.6) is 0 Å². The number of pyridine rings is 1. The van der Waals surface area contributed by atoms with E-state index in [2.05, 4.69) is 59.5 Å². The van der Waals surface area contributed by atoms with Gasteiger partial charge in [0.1, 0.15) is 5.82 Å². The Morgan fingerprint density at radius 3 is 2.42 bits per heavy atom. The van der Waals surface area contributed by atoms with Crippen LogP contribution < -0.4 is 15.5 Å². The van der Waals surface area contributed by atoms with Gasteiger partial charge in [-0.05, 0) is 62.6 Å². The third kappa shape index (κ3) is 5.48. The van der Waals surface area contributed by atoms with E-state index in [1.54, 1.807) is 6.20 Å². The van der Waals surface area contributed by atoms with Gasteiger partial charge in [0.2, 0.25) is 5.91 Å². The van der Waals surface area contributed by atoms with Gasteiger partial charge in [-0.15, -0.1) is 0 Å². The molecule has 0 aliphatic heterocycles. The van der Waals surface area contributed by atoms with E-state index in [1.165, 1.54) is 11.3 Å². The number of nitrogens with one attached hydrogen (secondary N) is 2. The fourth-order valence-corrected chi connectivity index (χ4v) is 2.84. The van der Waals surface area contributed by atoms with E-state index in [0.717, 1.165) is 30.3 Å². The number of anilines is 4. The lowest BCUT2D eigenvalue weighted by atomic mass is 10.1. The Bertz CT molecular complexity index is 721. The van der Waals surface area contributed by atoms with Crippen LogP contribution >= 0.6 is 0 Å². The summed E-state index contributed by atoms with van der Waals surface area (Å²) in [5, 5.41) is 6.22. The summed E-state index contributed by atoms with van der Waals surface area (Å²) in [6, 6.07) is 10.2. The van der Waals surface area contributed by atoms with Crippen molar-refractivity contribution < 1.29 is 4.79 Å². The van der Waals surface area contributed by atoms with Gasteiger partial charge in [-0.1, -0.05) is 13.8 Å². The van der Waals surface area contributed by atoms with Crippen LogP contribution in [-0.4, -0.2) is 24.0 Å². The van der Waals surface area contributed by atoms with Gasteiger partial charge >= 0.3 is 0 Å². The maximum absolute atomic E-state index is 11.8. The number of carbonyl (C=O) groups is 1. The molecule has 1 aromatic heterocycles. The molecule has 0 aliphatic rings. The highest BCUT2D eigenvalue weighted by Gasteiger charge is 2.07. The van der Waals surface area contributed by atoms with Crippen LogP contribution in [0.3, 0.4) is 0 Å². The van der Waals surface area contributed by atoms with Crippen molar-refractivity contribution in [3.05, 3.63) is 42.1 Å². The molecule has 26 heavy (non-hydrogen) atoms. The van der Waals surface area contributed by atoms with Crippen molar-refractivity contribution >= 4 is 28.8 Å². The molecule has 2 N–H and O–H groups in total. The Kier molecular flexibility index (Phi) is 7.01. The molecule has 0 saturated heterocycles. The van der Waals surface area contributed by atoms with Gasteiger partial charge in [0.05, 0.1) is 11.9 Å². The molecule has 5 heteroatoms. The van der Waals surface area contributed by atoms with Gasteiger partial charge in [-0.25, -0.2) is 4.98 Å². The average Bonchev–Trinajstić information content (AvgIpc) is 2.59. The van der Waals surface area contributed by atoms with Crippen molar-refractivity contribution in [1.82, 2.24) is 4.98 Å². The number of aromatic nitrogens is 1. The van der Waals surface area contributed by atoms with E-state index >= 15 is 0 Å². The van der Waals surface area contributed by atoms with Crippen molar-refractivity contribution in [2.24, 2.45) is 5.92 Å². The summed E-state index contributed by atoms with van der Waals surface area (Å²) >= 11 is 0. The summed E-state index contributed by atoms with van der Waals surface area (Å²) in [5.41, 5.74) is 4.15. The first-order valence-electron chi connectivity index (χ1n) is 9.31. The largest absolute Gasteiger partial charge is 0.372 e. The molecule has 2 rings (SSSR count). The molecule has 1 heterocycles. The van der Waals surface area contributed by atoms with Crippen LogP contribution in [0.15, 0.2) is 36.5 Å². The zero-order valence-corrected chi connectivity index (χ0v) is 16.5. The molecule has 0 saturated carbocycles. The molecule has 0 atom stereocenters. The Balaban J connectivity index is 2.03. The van der Waals surface area contributed by atoms with Crippen LogP contribution in [0.1, 0.15) is 39.7 Å². The molecule has 5 nitrogen and oxygen atoms in total. The monoisotopic (exact) mass is 354 g/mol. The first-order valence-corrected chi connectivity index (χ1v) is 9.31. The minimum Gasteiger partial charge on any atom is -0.372 e. The normalized spacial score (nSPS) is 10.7. The number of nitrogens with zero attached hydrogens (tertiary/aromatic N) is 2. The first kappa shape index (κ1) is 19.8. The summed E-state index contributed by atoms with van der Waals surface area (Å²) < 4.78 is 0. The number of aryl methyl sites for hydroxylation is 1. The number of amides is 1. The van der Waals surface area contributed by atoms with Crippen molar-refractivity contribution in [2.75, 3.05) is 28.6 Å². The Hall–Kier alpha value is -2.56. The molecule has 2 aromatic rings. The lowest BCUT2D eigenvalue weighted by Crippen LogP contribution is -2.21. The topological polar surface area (TPSA) is 57.3 Å². The first-order chi connectivity index (χ1) is 12.4. The van der Waals surface area contributed by atoms with Crippen molar-refractivity contribution in [1.29, 1.82) is 0 Å². The van der Waals surface area contributed by atoms with Gasteiger partial charge in [-0.2, -0.15) is 0 Å². The molecule has 0 radical (unpaired) electrons. The number of carbonyl (C=O) groups excluding carboxylic acids is 1. The molecule has 140 valence electrons. The molecular weight excluding hydrogens is 324 g/mol. The van der Waals surface area contributed by atoms with Crippen LogP contribution in [0, 0.1) is 12.8 Å². The predicted molar refractivity (Wildman–Crippen MR) is 110 cm³/mol. The maximum Gasteiger partial charge on any atom is 0.224 e. The molecule has 0 fully saturated rings. The van der Waals surface area contributed by atoms with Crippen molar-refractivity contribution in [2.45, 2.75) is 41.0 Å². The summed E-state index contributed by atoms with van der Waals surface area (Å²) in [6.45, 7) is 12.5. The Morgan fingerprint density at radius 2 is 1.88 bits per heavy atom. The maximum atomic E-state index is 11.8. The molecule has 1 amide bonds. The molecule has 0 unspecified atom stereocenters. The zero-order chi connectivity index (χ0) is 19.1. The van der Waals surface area contributed by atoms with Gasteiger partial charge < -0.3 is 15.5 Å². The average molecular weight is 354 g/mol. The number of hydrogen-bond acceptors (Lipinski definition) is 4. The number of hydrogen-bond donors (Lipinski definition) is 2. The van der Waals surface area contributed by atoms with Crippen molar-refractivity contribution in [3.8, 4) is 0 Å². The second-order valence-corrected chi connectivity index (χ2v) is 6.87. The zero-order valence-electron chi connectivity index (χ0n) is 16.5. The number of rotatable bonds is 8. The minimum absolute atomic E-state index is 0.0188. The fraction of sp³-hybridized carbons (Fsp3) is 0.429.